The number of halogens is 2. The summed E-state index contributed by atoms with van der Waals surface area (Å²) < 4.78 is 5.63. The first-order valence-electron chi connectivity index (χ1n) is 6.77. The van der Waals surface area contributed by atoms with E-state index in [0.717, 1.165) is 11.1 Å². The van der Waals surface area contributed by atoms with Crippen LogP contribution in [0.5, 0.6) is 5.75 Å². The standard InChI is InChI=1S/C16H18Cl2N2O/c1-10(2)21-12-6-11(8-20-9-12)16(19)7-13-14(17)4-3-5-15(13)18/h3-6,8-10,16H,7,19H2,1-2H3. The van der Waals surface area contributed by atoms with E-state index in [1.54, 1.807) is 12.4 Å². The van der Waals surface area contributed by atoms with Crippen molar-refractivity contribution in [2.45, 2.75) is 32.4 Å². The Morgan fingerprint density at radius 3 is 2.48 bits per heavy atom. The van der Waals surface area contributed by atoms with Crippen LogP contribution < -0.4 is 10.5 Å². The van der Waals surface area contributed by atoms with Crippen LogP contribution in [-0.2, 0) is 6.42 Å². The van der Waals surface area contributed by atoms with Crippen LogP contribution >= 0.6 is 23.2 Å². The Balaban J connectivity index is 2.18. The molecule has 0 aliphatic heterocycles. The highest BCUT2D eigenvalue weighted by Crippen LogP contribution is 2.29. The van der Waals surface area contributed by atoms with Crippen LogP contribution in [0.1, 0.15) is 31.0 Å². The molecule has 112 valence electrons. The molecule has 1 heterocycles. The number of nitrogens with zero attached hydrogens (tertiary/aromatic N) is 1. The third-order valence-corrected chi connectivity index (χ3v) is 3.73. The van der Waals surface area contributed by atoms with Crippen molar-refractivity contribution in [1.82, 2.24) is 4.98 Å². The summed E-state index contributed by atoms with van der Waals surface area (Å²) in [5, 5.41) is 1.25. The van der Waals surface area contributed by atoms with E-state index in [-0.39, 0.29) is 12.1 Å². The molecule has 0 radical (unpaired) electrons. The predicted octanol–water partition coefficient (Wildman–Crippen LogP) is 4.42. The Kier molecular flexibility index (Phi) is 5.45. The first kappa shape index (κ1) is 16.1. The van der Waals surface area contributed by atoms with Gasteiger partial charge < -0.3 is 10.5 Å². The number of hydrogen-bond acceptors (Lipinski definition) is 3. The van der Waals surface area contributed by atoms with E-state index in [4.69, 9.17) is 33.7 Å². The van der Waals surface area contributed by atoms with E-state index in [1.807, 2.05) is 38.1 Å². The van der Waals surface area contributed by atoms with Gasteiger partial charge in [-0.3, -0.25) is 4.98 Å². The monoisotopic (exact) mass is 324 g/mol. The maximum Gasteiger partial charge on any atom is 0.138 e. The van der Waals surface area contributed by atoms with E-state index < -0.39 is 0 Å². The van der Waals surface area contributed by atoms with Gasteiger partial charge in [-0.2, -0.15) is 0 Å². The molecule has 0 bridgehead atoms. The first-order chi connectivity index (χ1) is 9.97. The first-order valence-corrected chi connectivity index (χ1v) is 7.53. The van der Waals surface area contributed by atoms with Crippen LogP contribution in [0.2, 0.25) is 10.0 Å². The van der Waals surface area contributed by atoms with Gasteiger partial charge in [0.1, 0.15) is 5.75 Å². The second-order valence-corrected chi connectivity index (χ2v) is 5.95. The topological polar surface area (TPSA) is 48.1 Å². The molecule has 0 amide bonds. The van der Waals surface area contributed by atoms with Crippen LogP contribution in [0.4, 0.5) is 0 Å². The smallest absolute Gasteiger partial charge is 0.138 e. The maximum atomic E-state index is 6.25. The van der Waals surface area contributed by atoms with E-state index in [0.29, 0.717) is 22.2 Å². The molecular formula is C16H18Cl2N2O. The Hall–Kier alpha value is -1.29. The van der Waals surface area contributed by atoms with Crippen molar-refractivity contribution in [2.75, 3.05) is 0 Å². The van der Waals surface area contributed by atoms with Crippen molar-refractivity contribution in [2.24, 2.45) is 5.73 Å². The lowest BCUT2D eigenvalue weighted by atomic mass is 10.0. The second kappa shape index (κ2) is 7.12. The number of pyridine rings is 1. The Bertz CT molecular complexity index is 597. The highest BCUT2D eigenvalue weighted by molar-refractivity contribution is 6.36. The molecule has 1 aromatic heterocycles. The molecule has 0 aliphatic rings. The molecule has 1 atom stereocenters. The van der Waals surface area contributed by atoms with Crippen LogP contribution in [0.25, 0.3) is 0 Å². The molecule has 1 unspecified atom stereocenters. The van der Waals surface area contributed by atoms with Crippen LogP contribution in [-0.4, -0.2) is 11.1 Å². The molecule has 0 saturated carbocycles. The second-order valence-electron chi connectivity index (χ2n) is 5.13. The molecule has 0 spiro atoms. The number of hydrogen-bond donors (Lipinski definition) is 1. The molecule has 2 rings (SSSR count). The average Bonchev–Trinajstić information content (AvgIpc) is 2.42. The molecule has 0 fully saturated rings. The molecule has 2 aromatic rings. The number of aromatic nitrogens is 1. The van der Waals surface area contributed by atoms with Crippen molar-refractivity contribution in [3.8, 4) is 5.75 Å². The third-order valence-electron chi connectivity index (χ3n) is 3.02. The van der Waals surface area contributed by atoms with Crippen molar-refractivity contribution in [3.63, 3.8) is 0 Å². The van der Waals surface area contributed by atoms with Crippen LogP contribution in [0.15, 0.2) is 36.7 Å². The van der Waals surface area contributed by atoms with E-state index in [2.05, 4.69) is 4.98 Å². The fourth-order valence-corrected chi connectivity index (χ4v) is 2.59. The molecule has 3 nitrogen and oxygen atoms in total. The van der Waals surface area contributed by atoms with Gasteiger partial charge in [0.25, 0.3) is 0 Å². The van der Waals surface area contributed by atoms with Gasteiger partial charge in [0.05, 0.1) is 12.3 Å². The molecule has 2 N–H and O–H groups in total. The SMILES string of the molecule is CC(C)Oc1cncc(C(N)Cc2c(Cl)cccc2Cl)c1. The van der Waals surface area contributed by atoms with Gasteiger partial charge in [0, 0.05) is 22.3 Å². The van der Waals surface area contributed by atoms with Gasteiger partial charge >= 0.3 is 0 Å². The van der Waals surface area contributed by atoms with E-state index in [1.165, 1.54) is 0 Å². The zero-order valence-corrected chi connectivity index (χ0v) is 13.5. The lowest BCUT2D eigenvalue weighted by molar-refractivity contribution is 0.241. The van der Waals surface area contributed by atoms with Crippen LogP contribution in [0, 0.1) is 0 Å². The van der Waals surface area contributed by atoms with Crippen molar-refractivity contribution in [1.29, 1.82) is 0 Å². The summed E-state index contributed by atoms with van der Waals surface area (Å²) in [6.07, 6.45) is 4.06. The summed E-state index contributed by atoms with van der Waals surface area (Å²) in [7, 11) is 0. The Morgan fingerprint density at radius 2 is 1.86 bits per heavy atom. The summed E-state index contributed by atoms with van der Waals surface area (Å²) in [6, 6.07) is 7.10. The number of ether oxygens (including phenoxy) is 1. The number of benzene rings is 1. The molecule has 5 heteroatoms. The zero-order chi connectivity index (χ0) is 15.4. The highest BCUT2D eigenvalue weighted by atomic mass is 35.5. The minimum atomic E-state index is -0.245. The fourth-order valence-electron chi connectivity index (χ4n) is 2.04. The van der Waals surface area contributed by atoms with Gasteiger partial charge in [-0.1, -0.05) is 29.3 Å². The maximum absolute atomic E-state index is 6.25. The summed E-state index contributed by atoms with van der Waals surface area (Å²) in [4.78, 5) is 4.17. The minimum Gasteiger partial charge on any atom is -0.489 e. The van der Waals surface area contributed by atoms with Gasteiger partial charge in [-0.05, 0) is 49.6 Å². The number of nitrogens with two attached hydrogens (primary N) is 1. The average molecular weight is 325 g/mol. The molecule has 1 aromatic carbocycles. The summed E-state index contributed by atoms with van der Waals surface area (Å²) in [6.45, 7) is 3.94. The lowest BCUT2D eigenvalue weighted by Crippen LogP contribution is -2.15. The van der Waals surface area contributed by atoms with Crippen molar-refractivity contribution >= 4 is 23.2 Å². The Morgan fingerprint density at radius 1 is 1.19 bits per heavy atom. The van der Waals surface area contributed by atoms with Gasteiger partial charge in [-0.25, -0.2) is 0 Å². The van der Waals surface area contributed by atoms with Gasteiger partial charge in [-0.15, -0.1) is 0 Å². The van der Waals surface area contributed by atoms with Gasteiger partial charge in [0.2, 0.25) is 0 Å². The quantitative estimate of drug-likeness (QED) is 0.885. The molecule has 0 aliphatic carbocycles. The minimum absolute atomic E-state index is 0.0938. The summed E-state index contributed by atoms with van der Waals surface area (Å²) in [5.41, 5.74) is 7.99. The predicted molar refractivity (Wildman–Crippen MR) is 87.1 cm³/mol. The van der Waals surface area contributed by atoms with Gasteiger partial charge in [0.15, 0.2) is 0 Å². The summed E-state index contributed by atoms with van der Waals surface area (Å²) in [5.74, 6) is 0.711. The fraction of sp³-hybridized carbons (Fsp3) is 0.312. The molecular weight excluding hydrogens is 307 g/mol. The van der Waals surface area contributed by atoms with E-state index in [9.17, 15) is 0 Å². The third kappa shape index (κ3) is 4.34. The van der Waals surface area contributed by atoms with Crippen LogP contribution in [0.3, 0.4) is 0 Å². The van der Waals surface area contributed by atoms with Crippen molar-refractivity contribution < 1.29 is 4.74 Å². The highest BCUT2D eigenvalue weighted by Gasteiger charge is 2.13. The summed E-state index contributed by atoms with van der Waals surface area (Å²) >= 11 is 12.4. The number of rotatable bonds is 5. The van der Waals surface area contributed by atoms with E-state index >= 15 is 0 Å². The zero-order valence-electron chi connectivity index (χ0n) is 12.0. The Labute approximate surface area is 135 Å². The molecule has 0 saturated heterocycles. The lowest BCUT2D eigenvalue weighted by Gasteiger charge is -2.16. The molecule has 21 heavy (non-hydrogen) atoms. The normalized spacial score (nSPS) is 12.5. The largest absolute Gasteiger partial charge is 0.489 e. The van der Waals surface area contributed by atoms with Crippen molar-refractivity contribution in [3.05, 3.63) is 57.8 Å².